The van der Waals surface area contributed by atoms with Crippen LogP contribution in [0.3, 0.4) is 0 Å². The Bertz CT molecular complexity index is 499. The third-order valence-corrected chi connectivity index (χ3v) is 3.68. The molecule has 0 radical (unpaired) electrons. The highest BCUT2D eigenvalue weighted by molar-refractivity contribution is 9.11. The van der Waals surface area contributed by atoms with Crippen LogP contribution in [0.5, 0.6) is 0 Å². The van der Waals surface area contributed by atoms with Gasteiger partial charge in [0.15, 0.2) is 5.13 Å². The fraction of sp³-hybridized carbons (Fsp3) is 0.429. The summed E-state index contributed by atoms with van der Waals surface area (Å²) < 4.78 is 31.9. The van der Waals surface area contributed by atoms with E-state index >= 15 is 0 Å². The largest absolute Gasteiger partial charge is 0.446 e. The van der Waals surface area contributed by atoms with Gasteiger partial charge in [0.05, 0.1) is 16.1 Å². The lowest BCUT2D eigenvalue weighted by Crippen LogP contribution is -2.36. The smallest absolute Gasteiger partial charge is 0.422 e. The number of halogens is 1. The number of nitrogens with zero attached hydrogens (tertiary/aromatic N) is 1. The average molecular weight is 344 g/mol. The number of nitrogens with one attached hydrogen (secondary N) is 2. The summed E-state index contributed by atoms with van der Waals surface area (Å²) in [6, 6.07) is 0. The summed E-state index contributed by atoms with van der Waals surface area (Å²) in [5.41, 5.74) is 0. The maximum Gasteiger partial charge on any atom is 0.422 e. The summed E-state index contributed by atoms with van der Waals surface area (Å²) in [5, 5.41) is 0.140. The molecule has 1 heterocycles. The lowest BCUT2D eigenvalue weighted by Gasteiger charge is -2.09. The van der Waals surface area contributed by atoms with E-state index in [-0.39, 0.29) is 5.13 Å². The van der Waals surface area contributed by atoms with Crippen molar-refractivity contribution in [3.63, 3.8) is 0 Å². The number of hydrogen-bond donors (Lipinski definition) is 2. The van der Waals surface area contributed by atoms with Gasteiger partial charge in [-0.25, -0.2) is 19.2 Å². The van der Waals surface area contributed by atoms with Crippen LogP contribution < -0.4 is 9.44 Å². The minimum Gasteiger partial charge on any atom is -0.446 e. The van der Waals surface area contributed by atoms with Gasteiger partial charge in [-0.15, -0.1) is 0 Å². The van der Waals surface area contributed by atoms with Crippen molar-refractivity contribution >= 4 is 48.7 Å². The van der Waals surface area contributed by atoms with Gasteiger partial charge in [-0.2, -0.15) is 8.42 Å². The van der Waals surface area contributed by atoms with Crippen molar-refractivity contribution in [1.82, 2.24) is 9.71 Å². The molecule has 0 atom stereocenters. The second kappa shape index (κ2) is 5.65. The summed E-state index contributed by atoms with van der Waals surface area (Å²) in [6.07, 6.45) is -0.00285. The highest BCUT2D eigenvalue weighted by Gasteiger charge is 2.17. The number of carbonyl (C=O) groups excluding carboxylic acids is 1. The molecule has 0 aromatic carbocycles. The maximum absolute atomic E-state index is 11.4. The van der Waals surface area contributed by atoms with Crippen LogP contribution in [0.4, 0.5) is 9.93 Å². The van der Waals surface area contributed by atoms with Gasteiger partial charge in [0.1, 0.15) is 0 Å². The molecule has 0 aliphatic carbocycles. The Morgan fingerprint density at radius 3 is 2.71 bits per heavy atom. The quantitative estimate of drug-likeness (QED) is 0.866. The van der Waals surface area contributed by atoms with Crippen LogP contribution in [-0.4, -0.2) is 25.6 Å². The third-order valence-electron chi connectivity index (χ3n) is 1.26. The van der Waals surface area contributed by atoms with Crippen LogP contribution in [0.15, 0.2) is 9.98 Å². The first-order valence-electron chi connectivity index (χ1n) is 4.41. The Labute approximate surface area is 111 Å². The molecule has 10 heteroatoms. The molecule has 1 aromatic heterocycles. The van der Waals surface area contributed by atoms with Gasteiger partial charge in [-0.3, -0.25) is 0 Å². The highest BCUT2D eigenvalue weighted by Crippen LogP contribution is 2.23. The summed E-state index contributed by atoms with van der Waals surface area (Å²) in [6.45, 7) is 3.22. The molecule has 1 amide bonds. The molecular weight excluding hydrogens is 334 g/mol. The van der Waals surface area contributed by atoms with E-state index in [1.165, 1.54) is 6.20 Å². The zero-order chi connectivity index (χ0) is 13.1. The van der Waals surface area contributed by atoms with Crippen molar-refractivity contribution in [2.45, 2.75) is 20.0 Å². The molecule has 0 aliphatic heterocycles. The van der Waals surface area contributed by atoms with Crippen molar-refractivity contribution in [3.8, 4) is 0 Å². The molecule has 1 rings (SSSR count). The molecule has 96 valence electrons. The fourth-order valence-corrected chi connectivity index (χ4v) is 2.84. The van der Waals surface area contributed by atoms with Gasteiger partial charge in [0, 0.05) is 0 Å². The van der Waals surface area contributed by atoms with Gasteiger partial charge in [0.2, 0.25) is 0 Å². The van der Waals surface area contributed by atoms with Crippen LogP contribution >= 0.6 is 27.3 Å². The van der Waals surface area contributed by atoms with Crippen molar-refractivity contribution in [2.24, 2.45) is 0 Å². The molecule has 0 aliphatic rings. The summed E-state index contributed by atoms with van der Waals surface area (Å²) in [4.78, 5) is 14.8. The summed E-state index contributed by atoms with van der Waals surface area (Å²) in [7, 11) is -4.01. The van der Waals surface area contributed by atoms with E-state index < -0.39 is 22.4 Å². The van der Waals surface area contributed by atoms with Crippen LogP contribution in [0.25, 0.3) is 0 Å². The first-order chi connectivity index (χ1) is 7.78. The number of anilines is 1. The van der Waals surface area contributed by atoms with E-state index in [0.717, 1.165) is 11.3 Å². The van der Waals surface area contributed by atoms with Crippen LogP contribution in [0.1, 0.15) is 13.8 Å². The van der Waals surface area contributed by atoms with Crippen LogP contribution in [-0.2, 0) is 14.9 Å². The molecule has 0 fully saturated rings. The second-order valence-corrected chi connectivity index (χ2v) is 6.96. The Morgan fingerprint density at radius 1 is 1.59 bits per heavy atom. The monoisotopic (exact) mass is 343 g/mol. The zero-order valence-electron chi connectivity index (χ0n) is 8.93. The van der Waals surface area contributed by atoms with Crippen LogP contribution in [0.2, 0.25) is 0 Å². The second-order valence-electron chi connectivity index (χ2n) is 3.13. The molecule has 0 saturated heterocycles. The van der Waals surface area contributed by atoms with Gasteiger partial charge in [-0.05, 0) is 29.8 Å². The predicted octanol–water partition coefficient (Wildman–Crippen LogP) is 1.70. The Balaban J connectivity index is 2.60. The van der Waals surface area contributed by atoms with E-state index in [9.17, 15) is 13.2 Å². The first kappa shape index (κ1) is 14.2. The lowest BCUT2D eigenvalue weighted by molar-refractivity contribution is 0.121. The lowest BCUT2D eigenvalue weighted by atomic mass is 10.5. The number of hydrogen-bond acceptors (Lipinski definition) is 6. The Kier molecular flexibility index (Phi) is 4.71. The third kappa shape index (κ3) is 5.33. The zero-order valence-corrected chi connectivity index (χ0v) is 12.1. The standard InChI is InChI=1S/C7H10BrN3O4S2/c1-4(2)15-7(12)11-17(13,14)10-6-9-3-5(8)16-6/h3-4H,1-2H3,(H,9,10)(H,11,12). The number of rotatable bonds is 4. The van der Waals surface area contributed by atoms with Crippen molar-refractivity contribution in [1.29, 1.82) is 0 Å². The Hall–Kier alpha value is -0.870. The Morgan fingerprint density at radius 2 is 2.24 bits per heavy atom. The molecule has 0 spiro atoms. The fourth-order valence-electron chi connectivity index (χ4n) is 0.790. The molecule has 17 heavy (non-hydrogen) atoms. The summed E-state index contributed by atoms with van der Waals surface area (Å²) >= 11 is 4.21. The van der Waals surface area contributed by atoms with Crippen LogP contribution in [0, 0.1) is 0 Å². The minimum atomic E-state index is -4.01. The minimum absolute atomic E-state index is 0.140. The van der Waals surface area contributed by atoms with Gasteiger partial charge in [-0.1, -0.05) is 11.3 Å². The SMILES string of the molecule is CC(C)OC(=O)NS(=O)(=O)Nc1ncc(Br)s1. The van der Waals surface area contributed by atoms with Crippen molar-refractivity contribution in [2.75, 3.05) is 4.72 Å². The van der Waals surface area contributed by atoms with Gasteiger partial charge in [0.25, 0.3) is 0 Å². The van der Waals surface area contributed by atoms with Gasteiger partial charge < -0.3 is 4.74 Å². The number of ether oxygens (including phenoxy) is 1. The van der Waals surface area contributed by atoms with Crippen molar-refractivity contribution in [3.05, 3.63) is 9.98 Å². The molecule has 0 unspecified atom stereocenters. The molecule has 0 saturated carbocycles. The van der Waals surface area contributed by atoms with E-state index in [1.807, 2.05) is 0 Å². The maximum atomic E-state index is 11.4. The molecule has 1 aromatic rings. The average Bonchev–Trinajstić information content (AvgIpc) is 2.46. The first-order valence-corrected chi connectivity index (χ1v) is 7.50. The molecule has 0 bridgehead atoms. The number of carbonyl (C=O) groups is 1. The van der Waals surface area contributed by atoms with E-state index in [4.69, 9.17) is 0 Å². The number of amides is 1. The molecule has 7 nitrogen and oxygen atoms in total. The van der Waals surface area contributed by atoms with E-state index in [0.29, 0.717) is 3.79 Å². The van der Waals surface area contributed by atoms with Gasteiger partial charge >= 0.3 is 16.3 Å². The molecule has 2 N–H and O–H groups in total. The van der Waals surface area contributed by atoms with E-state index in [2.05, 4.69) is 30.4 Å². The molecular formula is C7H10BrN3O4S2. The van der Waals surface area contributed by atoms with Crippen molar-refractivity contribution < 1.29 is 17.9 Å². The highest BCUT2D eigenvalue weighted by atomic mass is 79.9. The normalized spacial score (nSPS) is 11.3. The topological polar surface area (TPSA) is 97.4 Å². The number of thiazole rings is 1. The summed E-state index contributed by atoms with van der Waals surface area (Å²) in [5.74, 6) is 0. The van der Waals surface area contributed by atoms with E-state index in [1.54, 1.807) is 18.6 Å². The predicted molar refractivity (Wildman–Crippen MR) is 67.1 cm³/mol. The number of aromatic nitrogens is 1.